The number of allylic oxidation sites excluding steroid dienone is 1. The molecular formula is C14H21N3O4. The Bertz CT molecular complexity index is 677. The van der Waals surface area contributed by atoms with Crippen molar-refractivity contribution in [1.82, 2.24) is 9.13 Å². The minimum Gasteiger partial charge on any atom is -0.444 e. The summed E-state index contributed by atoms with van der Waals surface area (Å²) < 4.78 is 7.33. The fraction of sp³-hybridized carbons (Fsp3) is 0.500. The first-order valence-corrected chi connectivity index (χ1v) is 6.46. The fourth-order valence-electron chi connectivity index (χ4n) is 1.60. The summed E-state index contributed by atoms with van der Waals surface area (Å²) in [5.41, 5.74) is -1.01. The number of hydrogen-bond donors (Lipinski definition) is 1. The zero-order valence-electron chi connectivity index (χ0n) is 13.0. The Kier molecular flexibility index (Phi) is 4.77. The number of amides is 1. The van der Waals surface area contributed by atoms with Gasteiger partial charge < -0.3 is 4.74 Å². The van der Waals surface area contributed by atoms with Crippen LogP contribution in [-0.2, 0) is 18.3 Å². The first-order valence-electron chi connectivity index (χ1n) is 6.46. The van der Waals surface area contributed by atoms with Crippen molar-refractivity contribution in [3.63, 3.8) is 0 Å². The molecule has 0 aromatic carbocycles. The quantitative estimate of drug-likeness (QED) is 0.856. The average molecular weight is 295 g/mol. The van der Waals surface area contributed by atoms with Crippen LogP contribution in [0.25, 0.3) is 0 Å². The lowest BCUT2D eigenvalue weighted by Crippen LogP contribution is -2.40. The molecule has 1 N–H and O–H groups in total. The van der Waals surface area contributed by atoms with E-state index in [1.807, 2.05) is 0 Å². The molecule has 0 bridgehead atoms. The molecule has 0 saturated carbocycles. The number of carbonyl (C=O) groups is 1. The molecule has 0 aliphatic rings. The van der Waals surface area contributed by atoms with Crippen LogP contribution in [-0.4, -0.2) is 20.8 Å². The van der Waals surface area contributed by atoms with E-state index in [-0.39, 0.29) is 12.4 Å². The summed E-state index contributed by atoms with van der Waals surface area (Å²) in [6, 6.07) is 1.17. The van der Waals surface area contributed by atoms with Gasteiger partial charge in [-0.05, 0) is 27.7 Å². The predicted octanol–water partition coefficient (Wildman–Crippen LogP) is 1.47. The third-order valence-corrected chi connectivity index (χ3v) is 2.46. The molecule has 0 fully saturated rings. The van der Waals surface area contributed by atoms with Crippen molar-refractivity contribution in [1.29, 1.82) is 0 Å². The number of carbonyl (C=O) groups excluding carboxylic acids is 1. The topological polar surface area (TPSA) is 82.3 Å². The van der Waals surface area contributed by atoms with E-state index < -0.39 is 22.9 Å². The van der Waals surface area contributed by atoms with Gasteiger partial charge in [-0.3, -0.25) is 19.2 Å². The molecule has 0 unspecified atom stereocenters. The first kappa shape index (κ1) is 16.7. The van der Waals surface area contributed by atoms with Gasteiger partial charge >= 0.3 is 11.8 Å². The Morgan fingerprint density at radius 2 is 1.95 bits per heavy atom. The maximum absolute atomic E-state index is 12.1. The normalized spacial score (nSPS) is 11.1. The summed E-state index contributed by atoms with van der Waals surface area (Å²) in [5.74, 6) is 0.0837. The van der Waals surface area contributed by atoms with Gasteiger partial charge in [-0.2, -0.15) is 0 Å². The van der Waals surface area contributed by atoms with Crippen molar-refractivity contribution >= 4 is 11.9 Å². The zero-order valence-corrected chi connectivity index (χ0v) is 13.0. The lowest BCUT2D eigenvalue weighted by molar-refractivity contribution is 0.0634. The number of aromatic nitrogens is 2. The molecule has 1 amide bonds. The standard InChI is InChI=1S/C14H21N3O4/c1-9(2)8-17-10(7-11(18)16(6)13(17)20)15-12(19)21-14(3,4)5/h7H,1,8H2,2-6H3,(H,15,19). The molecule has 0 saturated heterocycles. The number of rotatable bonds is 3. The van der Waals surface area contributed by atoms with Crippen molar-refractivity contribution in [2.45, 2.75) is 39.8 Å². The monoisotopic (exact) mass is 295 g/mol. The van der Waals surface area contributed by atoms with E-state index in [4.69, 9.17) is 4.74 Å². The van der Waals surface area contributed by atoms with Crippen molar-refractivity contribution in [3.8, 4) is 0 Å². The Hall–Kier alpha value is -2.31. The molecule has 1 aromatic heterocycles. The molecule has 1 rings (SSSR count). The smallest absolute Gasteiger partial charge is 0.413 e. The van der Waals surface area contributed by atoms with Crippen LogP contribution in [0.5, 0.6) is 0 Å². The highest BCUT2D eigenvalue weighted by atomic mass is 16.6. The van der Waals surface area contributed by atoms with E-state index >= 15 is 0 Å². The molecular weight excluding hydrogens is 274 g/mol. The third kappa shape index (κ3) is 4.62. The van der Waals surface area contributed by atoms with E-state index in [1.54, 1.807) is 27.7 Å². The Morgan fingerprint density at radius 3 is 2.43 bits per heavy atom. The summed E-state index contributed by atoms with van der Waals surface area (Å²) in [6.45, 7) is 10.8. The van der Waals surface area contributed by atoms with E-state index in [1.165, 1.54) is 17.7 Å². The molecule has 21 heavy (non-hydrogen) atoms. The second-order valence-corrected chi connectivity index (χ2v) is 5.88. The summed E-state index contributed by atoms with van der Waals surface area (Å²) in [6.07, 6.45) is -0.731. The van der Waals surface area contributed by atoms with Gasteiger partial charge in [0.15, 0.2) is 0 Å². The molecule has 116 valence electrons. The van der Waals surface area contributed by atoms with Gasteiger partial charge in [-0.1, -0.05) is 12.2 Å². The minimum atomic E-state index is -0.731. The molecule has 0 aliphatic heterocycles. The van der Waals surface area contributed by atoms with Gasteiger partial charge in [-0.15, -0.1) is 0 Å². The van der Waals surface area contributed by atoms with E-state index in [0.29, 0.717) is 5.57 Å². The van der Waals surface area contributed by atoms with Gasteiger partial charge in [-0.25, -0.2) is 9.59 Å². The predicted molar refractivity (Wildman–Crippen MR) is 80.6 cm³/mol. The number of nitrogens with zero attached hydrogens (tertiary/aromatic N) is 2. The van der Waals surface area contributed by atoms with Gasteiger partial charge in [0.1, 0.15) is 11.4 Å². The molecule has 0 atom stereocenters. The largest absolute Gasteiger partial charge is 0.444 e. The molecule has 1 heterocycles. The van der Waals surface area contributed by atoms with Crippen LogP contribution in [0, 0.1) is 0 Å². The van der Waals surface area contributed by atoms with Crippen molar-refractivity contribution in [2.24, 2.45) is 7.05 Å². The lowest BCUT2D eigenvalue weighted by atomic mass is 10.2. The van der Waals surface area contributed by atoms with Gasteiger partial charge in [0, 0.05) is 19.7 Å². The highest BCUT2D eigenvalue weighted by molar-refractivity contribution is 5.83. The maximum atomic E-state index is 12.1. The SMILES string of the molecule is C=C(C)Cn1c(NC(=O)OC(C)(C)C)cc(=O)n(C)c1=O. The highest BCUT2D eigenvalue weighted by Crippen LogP contribution is 2.10. The second kappa shape index (κ2) is 5.99. The Labute approximate surface area is 122 Å². The van der Waals surface area contributed by atoms with Crippen LogP contribution in [0.15, 0.2) is 27.8 Å². The molecule has 7 nitrogen and oxygen atoms in total. The van der Waals surface area contributed by atoms with Crippen LogP contribution in [0.3, 0.4) is 0 Å². The second-order valence-electron chi connectivity index (χ2n) is 5.88. The lowest BCUT2D eigenvalue weighted by Gasteiger charge is -2.21. The summed E-state index contributed by atoms with van der Waals surface area (Å²) >= 11 is 0. The van der Waals surface area contributed by atoms with E-state index in [9.17, 15) is 14.4 Å². The van der Waals surface area contributed by atoms with Crippen molar-refractivity contribution in [2.75, 3.05) is 5.32 Å². The van der Waals surface area contributed by atoms with Crippen LogP contribution < -0.4 is 16.6 Å². The summed E-state index contributed by atoms with van der Waals surface area (Å²) in [7, 11) is 1.37. The van der Waals surface area contributed by atoms with Crippen molar-refractivity contribution in [3.05, 3.63) is 39.1 Å². The molecule has 7 heteroatoms. The van der Waals surface area contributed by atoms with E-state index in [2.05, 4.69) is 11.9 Å². The third-order valence-electron chi connectivity index (χ3n) is 2.46. The minimum absolute atomic E-state index is 0.0837. The van der Waals surface area contributed by atoms with Gasteiger partial charge in [0.25, 0.3) is 5.56 Å². The Morgan fingerprint density at radius 1 is 1.38 bits per heavy atom. The highest BCUT2D eigenvalue weighted by Gasteiger charge is 2.18. The number of ether oxygens (including phenoxy) is 1. The fourth-order valence-corrected chi connectivity index (χ4v) is 1.60. The average Bonchev–Trinajstić information content (AvgIpc) is 2.28. The molecule has 0 radical (unpaired) electrons. The van der Waals surface area contributed by atoms with Crippen LogP contribution in [0.4, 0.5) is 10.6 Å². The van der Waals surface area contributed by atoms with Crippen LogP contribution >= 0.6 is 0 Å². The maximum Gasteiger partial charge on any atom is 0.413 e. The number of hydrogen-bond acceptors (Lipinski definition) is 4. The van der Waals surface area contributed by atoms with Gasteiger partial charge in [0.2, 0.25) is 0 Å². The first-order chi connectivity index (χ1) is 9.51. The van der Waals surface area contributed by atoms with Crippen molar-refractivity contribution < 1.29 is 9.53 Å². The number of nitrogens with one attached hydrogen (secondary N) is 1. The van der Waals surface area contributed by atoms with Gasteiger partial charge in [0.05, 0.1) is 0 Å². The summed E-state index contributed by atoms with van der Waals surface area (Å²) in [4.78, 5) is 35.6. The zero-order chi connectivity index (χ0) is 16.4. The summed E-state index contributed by atoms with van der Waals surface area (Å²) in [5, 5.41) is 2.43. The number of anilines is 1. The Balaban J connectivity index is 3.22. The van der Waals surface area contributed by atoms with E-state index in [0.717, 1.165) is 4.57 Å². The molecule has 1 aromatic rings. The molecule has 0 spiro atoms. The van der Waals surface area contributed by atoms with Crippen LogP contribution in [0.1, 0.15) is 27.7 Å². The van der Waals surface area contributed by atoms with Crippen LogP contribution in [0.2, 0.25) is 0 Å². The molecule has 0 aliphatic carbocycles.